The average Bonchev–Trinajstić information content (AvgIpc) is 3.36. The summed E-state index contributed by atoms with van der Waals surface area (Å²) in [6, 6.07) is 30.7. The lowest BCUT2D eigenvalue weighted by Crippen LogP contribution is -2.15. The topological polar surface area (TPSA) is 61.5 Å². The third-order valence-electron chi connectivity index (χ3n) is 6.58. The molecule has 6 nitrogen and oxygen atoms in total. The van der Waals surface area contributed by atoms with E-state index in [-0.39, 0.29) is 5.92 Å². The number of para-hydroxylation sites is 1. The van der Waals surface area contributed by atoms with E-state index in [1.165, 1.54) is 0 Å². The quantitative estimate of drug-likeness (QED) is 0.315. The molecule has 0 spiro atoms. The Labute approximate surface area is 201 Å². The van der Waals surface area contributed by atoms with Gasteiger partial charge in [-0.15, -0.1) is 5.10 Å². The van der Waals surface area contributed by atoms with Crippen LogP contribution in [0.2, 0.25) is 0 Å². The van der Waals surface area contributed by atoms with E-state index in [0.717, 1.165) is 44.5 Å². The lowest BCUT2D eigenvalue weighted by atomic mass is 9.81. The molecule has 0 N–H and O–H groups in total. The summed E-state index contributed by atoms with van der Waals surface area (Å²) in [7, 11) is 1.65. The van der Waals surface area contributed by atoms with E-state index in [1.54, 1.807) is 18.0 Å². The average molecular weight is 457 g/mol. The van der Waals surface area contributed by atoms with Gasteiger partial charge in [-0.25, -0.2) is 14.5 Å². The van der Waals surface area contributed by atoms with Gasteiger partial charge in [0.1, 0.15) is 17.8 Å². The predicted molar refractivity (Wildman–Crippen MR) is 134 cm³/mol. The van der Waals surface area contributed by atoms with Crippen molar-refractivity contribution in [2.45, 2.75) is 5.92 Å². The highest BCUT2D eigenvalue weighted by Crippen LogP contribution is 2.50. The molecule has 4 aromatic carbocycles. The predicted octanol–water partition coefficient (Wildman–Crippen LogP) is 6.24. The Morgan fingerprint density at radius 2 is 1.63 bits per heavy atom. The second kappa shape index (κ2) is 7.67. The maximum absolute atomic E-state index is 6.39. The van der Waals surface area contributed by atoms with Gasteiger partial charge in [0, 0.05) is 11.5 Å². The second-order valence-corrected chi connectivity index (χ2v) is 8.51. The summed E-state index contributed by atoms with van der Waals surface area (Å²) in [5.41, 5.74) is 4.69. The van der Waals surface area contributed by atoms with Gasteiger partial charge in [0.2, 0.25) is 5.88 Å². The molecule has 1 atom stereocenters. The molecule has 0 fully saturated rings. The fraction of sp³-hybridized carbons (Fsp3) is 0.0690. The number of aromatic nitrogens is 4. The summed E-state index contributed by atoms with van der Waals surface area (Å²) >= 11 is 0. The van der Waals surface area contributed by atoms with Gasteiger partial charge < -0.3 is 9.47 Å². The van der Waals surface area contributed by atoms with E-state index >= 15 is 0 Å². The van der Waals surface area contributed by atoms with Crippen LogP contribution in [0.1, 0.15) is 22.6 Å². The molecule has 0 aliphatic carbocycles. The number of fused-ring (bicyclic) bond motifs is 6. The molecule has 0 saturated carbocycles. The molecule has 1 unspecified atom stereocenters. The number of rotatable bonds is 3. The van der Waals surface area contributed by atoms with Crippen LogP contribution in [0.25, 0.3) is 27.8 Å². The van der Waals surface area contributed by atoms with Crippen molar-refractivity contribution in [2.24, 2.45) is 0 Å². The molecule has 6 heteroatoms. The first-order valence-electron chi connectivity index (χ1n) is 11.4. The molecule has 0 bridgehead atoms. The van der Waals surface area contributed by atoms with Crippen LogP contribution >= 0.6 is 0 Å². The van der Waals surface area contributed by atoms with Gasteiger partial charge >= 0.3 is 0 Å². The normalized spacial score (nSPS) is 14.4. The molecule has 3 heterocycles. The summed E-state index contributed by atoms with van der Waals surface area (Å²) in [6.45, 7) is 0. The highest BCUT2D eigenvalue weighted by molar-refractivity contribution is 5.91. The van der Waals surface area contributed by atoms with Crippen molar-refractivity contribution >= 4 is 16.4 Å². The highest BCUT2D eigenvalue weighted by Gasteiger charge is 2.34. The van der Waals surface area contributed by atoms with E-state index in [2.05, 4.69) is 59.6 Å². The molecule has 1 aliphatic rings. The number of methoxy groups -OCH3 is 1. The molecule has 0 radical (unpaired) electrons. The highest BCUT2D eigenvalue weighted by atomic mass is 16.5. The van der Waals surface area contributed by atoms with E-state index in [4.69, 9.17) is 19.6 Å². The Hall–Kier alpha value is -4.71. The van der Waals surface area contributed by atoms with Gasteiger partial charge in [-0.3, -0.25) is 0 Å². The van der Waals surface area contributed by atoms with Crippen LogP contribution in [-0.2, 0) is 0 Å². The first-order valence-corrected chi connectivity index (χ1v) is 11.4. The molecule has 7 rings (SSSR count). The van der Waals surface area contributed by atoms with Gasteiger partial charge in [0.05, 0.1) is 18.2 Å². The van der Waals surface area contributed by atoms with Crippen LogP contribution in [0.15, 0.2) is 97.3 Å². The summed E-state index contributed by atoms with van der Waals surface area (Å²) in [6.07, 6.45) is 1.66. The third kappa shape index (κ3) is 3.00. The van der Waals surface area contributed by atoms with E-state index in [0.29, 0.717) is 17.4 Å². The molecule has 0 saturated heterocycles. The minimum Gasteiger partial charge on any atom is -0.496 e. The fourth-order valence-electron chi connectivity index (χ4n) is 5.03. The monoisotopic (exact) mass is 456 g/mol. The van der Waals surface area contributed by atoms with Crippen molar-refractivity contribution in [1.29, 1.82) is 0 Å². The first kappa shape index (κ1) is 19.7. The Morgan fingerprint density at radius 1 is 0.829 bits per heavy atom. The number of ether oxygens (including phenoxy) is 2. The van der Waals surface area contributed by atoms with Crippen LogP contribution in [0, 0.1) is 0 Å². The lowest BCUT2D eigenvalue weighted by molar-refractivity contribution is 0.416. The molecule has 6 aromatic rings. The van der Waals surface area contributed by atoms with Crippen molar-refractivity contribution in [2.75, 3.05) is 7.11 Å². The van der Waals surface area contributed by atoms with Crippen molar-refractivity contribution in [3.8, 4) is 28.8 Å². The Balaban J connectivity index is 1.54. The van der Waals surface area contributed by atoms with Crippen LogP contribution in [0.4, 0.5) is 0 Å². The summed E-state index contributed by atoms with van der Waals surface area (Å²) in [5.74, 6) is 2.54. The summed E-state index contributed by atoms with van der Waals surface area (Å²) in [4.78, 5) is 9.64. The SMILES string of the molecule is COc1ccccc1-c1nc2c3c(ncn2n1)Oc1ccc2ccccc2c1C3c1ccccc1. The zero-order chi connectivity index (χ0) is 23.4. The maximum Gasteiger partial charge on any atom is 0.228 e. The minimum atomic E-state index is -0.119. The Morgan fingerprint density at radius 3 is 2.51 bits per heavy atom. The van der Waals surface area contributed by atoms with Crippen molar-refractivity contribution in [3.05, 3.63) is 114 Å². The number of hydrogen-bond acceptors (Lipinski definition) is 5. The number of benzene rings is 4. The maximum atomic E-state index is 6.39. The molecular weight excluding hydrogens is 436 g/mol. The fourth-order valence-corrected chi connectivity index (χ4v) is 5.03. The van der Waals surface area contributed by atoms with Crippen molar-refractivity contribution in [3.63, 3.8) is 0 Å². The Bertz CT molecular complexity index is 1730. The van der Waals surface area contributed by atoms with Crippen LogP contribution in [-0.4, -0.2) is 26.7 Å². The first-order chi connectivity index (χ1) is 17.3. The van der Waals surface area contributed by atoms with Crippen LogP contribution in [0.3, 0.4) is 0 Å². The lowest BCUT2D eigenvalue weighted by Gasteiger charge is -2.29. The summed E-state index contributed by atoms with van der Waals surface area (Å²) in [5, 5.41) is 7.06. The largest absolute Gasteiger partial charge is 0.496 e. The van der Waals surface area contributed by atoms with Gasteiger partial charge in [-0.1, -0.05) is 72.8 Å². The molecule has 35 heavy (non-hydrogen) atoms. The number of hydrogen-bond donors (Lipinski definition) is 0. The molecule has 168 valence electrons. The van der Waals surface area contributed by atoms with Crippen LogP contribution < -0.4 is 9.47 Å². The van der Waals surface area contributed by atoms with Crippen LogP contribution in [0.5, 0.6) is 17.4 Å². The summed E-state index contributed by atoms with van der Waals surface area (Å²) < 4.78 is 13.7. The molecule has 2 aromatic heterocycles. The minimum absolute atomic E-state index is 0.119. The van der Waals surface area contributed by atoms with Crippen molar-refractivity contribution in [1.82, 2.24) is 19.6 Å². The molecule has 1 aliphatic heterocycles. The smallest absolute Gasteiger partial charge is 0.228 e. The van der Waals surface area contributed by atoms with Gasteiger partial charge in [-0.05, 0) is 34.5 Å². The van der Waals surface area contributed by atoms with E-state index in [9.17, 15) is 0 Å². The Kier molecular flexibility index (Phi) is 4.32. The van der Waals surface area contributed by atoms with Gasteiger partial charge in [0.15, 0.2) is 11.5 Å². The second-order valence-electron chi connectivity index (χ2n) is 8.51. The zero-order valence-electron chi connectivity index (χ0n) is 18.9. The van der Waals surface area contributed by atoms with E-state index < -0.39 is 0 Å². The molecular formula is C29H20N4O2. The molecule has 0 amide bonds. The van der Waals surface area contributed by atoms with Gasteiger partial charge in [0.25, 0.3) is 0 Å². The standard InChI is InChI=1S/C29H20N4O2/c1-34-22-14-8-7-13-21(22)27-31-28-26-24(19-10-3-2-4-11-19)25-20-12-6-5-9-18(20)15-16-23(25)35-29(26)30-17-33(28)32-27/h2-17,24H,1H3. The zero-order valence-corrected chi connectivity index (χ0v) is 18.9. The third-order valence-corrected chi connectivity index (χ3v) is 6.58. The van der Waals surface area contributed by atoms with Gasteiger partial charge in [-0.2, -0.15) is 0 Å². The van der Waals surface area contributed by atoms with E-state index in [1.807, 2.05) is 36.4 Å². The number of nitrogens with zero attached hydrogens (tertiary/aromatic N) is 4. The van der Waals surface area contributed by atoms with Crippen molar-refractivity contribution < 1.29 is 9.47 Å².